The van der Waals surface area contributed by atoms with E-state index in [1.165, 1.54) is 19.1 Å². The molecule has 1 unspecified atom stereocenters. The first-order chi connectivity index (χ1) is 5.13. The second-order valence-electron chi connectivity index (χ2n) is 2.31. The Labute approximate surface area is 69.4 Å². The third kappa shape index (κ3) is 1.70. The van der Waals surface area contributed by atoms with E-state index in [0.717, 1.165) is 0 Å². The van der Waals surface area contributed by atoms with Gasteiger partial charge < -0.3 is 5.11 Å². The van der Waals surface area contributed by atoms with Crippen molar-refractivity contribution in [1.29, 1.82) is 0 Å². The Morgan fingerprint density at radius 3 is 2.55 bits per heavy atom. The van der Waals surface area contributed by atoms with Crippen LogP contribution in [0.5, 0.6) is 0 Å². The molecule has 1 atom stereocenters. The van der Waals surface area contributed by atoms with Gasteiger partial charge in [-0.25, -0.2) is 4.39 Å². The molecule has 0 aliphatic heterocycles. The largest absolute Gasteiger partial charge is 0.389 e. The molecule has 0 saturated heterocycles. The van der Waals surface area contributed by atoms with Crippen LogP contribution >= 0.6 is 11.6 Å². The highest BCUT2D eigenvalue weighted by Crippen LogP contribution is 2.24. The number of rotatable bonds is 1. The molecule has 0 radical (unpaired) electrons. The third-order valence-electron chi connectivity index (χ3n) is 1.42. The van der Waals surface area contributed by atoms with Crippen molar-refractivity contribution in [3.8, 4) is 0 Å². The summed E-state index contributed by atoms with van der Waals surface area (Å²) < 4.78 is 12.9. The van der Waals surface area contributed by atoms with Crippen LogP contribution in [0.4, 0.5) is 4.39 Å². The summed E-state index contributed by atoms with van der Waals surface area (Å²) in [5, 5.41) is 9.32. The lowest BCUT2D eigenvalue weighted by molar-refractivity contribution is 0.194. The van der Waals surface area contributed by atoms with Gasteiger partial charge in [0, 0.05) is 10.6 Å². The Hall–Kier alpha value is -0.600. The molecule has 3 heteroatoms. The number of halogens is 2. The fourth-order valence-electron chi connectivity index (χ4n) is 0.910. The highest BCUT2D eigenvalue weighted by molar-refractivity contribution is 6.31. The standard InChI is InChI=1S/C8H8ClFO/c1-5(11)8-6(9)3-2-4-7(8)10/h2-5,11H,1H3. The topological polar surface area (TPSA) is 20.2 Å². The summed E-state index contributed by atoms with van der Waals surface area (Å²) in [6.45, 7) is 1.48. The fourth-order valence-corrected chi connectivity index (χ4v) is 1.23. The minimum absolute atomic E-state index is 0.161. The number of aliphatic hydroxyl groups is 1. The number of benzene rings is 1. The van der Waals surface area contributed by atoms with Crippen molar-refractivity contribution in [2.24, 2.45) is 0 Å². The van der Waals surface area contributed by atoms with Crippen LogP contribution < -0.4 is 0 Å². The van der Waals surface area contributed by atoms with Gasteiger partial charge in [-0.15, -0.1) is 0 Å². The van der Waals surface area contributed by atoms with Crippen LogP contribution in [0.1, 0.15) is 18.6 Å². The summed E-state index contributed by atoms with van der Waals surface area (Å²) in [5.41, 5.74) is 0.161. The van der Waals surface area contributed by atoms with E-state index in [0.29, 0.717) is 0 Å². The van der Waals surface area contributed by atoms with E-state index in [2.05, 4.69) is 0 Å². The van der Waals surface area contributed by atoms with Gasteiger partial charge >= 0.3 is 0 Å². The lowest BCUT2D eigenvalue weighted by Crippen LogP contribution is -1.96. The van der Waals surface area contributed by atoms with Gasteiger partial charge in [0.2, 0.25) is 0 Å². The second kappa shape index (κ2) is 3.20. The summed E-state index contributed by atoms with van der Waals surface area (Å²) >= 11 is 5.62. The summed E-state index contributed by atoms with van der Waals surface area (Å²) in [5.74, 6) is -0.465. The van der Waals surface area contributed by atoms with Gasteiger partial charge in [0.15, 0.2) is 0 Å². The molecule has 60 valence electrons. The average Bonchev–Trinajstić information content (AvgIpc) is 1.85. The first kappa shape index (κ1) is 8.50. The molecule has 1 aromatic rings. The maximum absolute atomic E-state index is 12.9. The highest BCUT2D eigenvalue weighted by atomic mass is 35.5. The van der Waals surface area contributed by atoms with E-state index in [1.54, 1.807) is 6.07 Å². The Kier molecular flexibility index (Phi) is 2.47. The van der Waals surface area contributed by atoms with Crippen LogP contribution in [0.2, 0.25) is 5.02 Å². The predicted molar refractivity (Wildman–Crippen MR) is 42.0 cm³/mol. The lowest BCUT2D eigenvalue weighted by Gasteiger charge is -2.07. The second-order valence-corrected chi connectivity index (χ2v) is 2.72. The molecule has 1 N–H and O–H groups in total. The number of hydrogen-bond acceptors (Lipinski definition) is 1. The molecule has 1 rings (SSSR count). The molecule has 0 amide bonds. The van der Waals surface area contributed by atoms with Crippen LogP contribution in [-0.4, -0.2) is 5.11 Å². The van der Waals surface area contributed by atoms with Crippen molar-refractivity contribution in [2.45, 2.75) is 13.0 Å². The maximum Gasteiger partial charge on any atom is 0.130 e. The molecule has 11 heavy (non-hydrogen) atoms. The fraction of sp³-hybridized carbons (Fsp3) is 0.250. The number of aliphatic hydroxyl groups excluding tert-OH is 1. The van der Waals surface area contributed by atoms with E-state index < -0.39 is 11.9 Å². The van der Waals surface area contributed by atoms with E-state index in [4.69, 9.17) is 16.7 Å². The van der Waals surface area contributed by atoms with Crippen LogP contribution in [0.25, 0.3) is 0 Å². The van der Waals surface area contributed by atoms with Gasteiger partial charge in [0.25, 0.3) is 0 Å². The molecule has 1 aromatic carbocycles. The first-order valence-electron chi connectivity index (χ1n) is 3.25. The van der Waals surface area contributed by atoms with Crippen molar-refractivity contribution >= 4 is 11.6 Å². The molecule has 0 aromatic heterocycles. The molecule has 0 saturated carbocycles. The Morgan fingerprint density at radius 1 is 1.55 bits per heavy atom. The van der Waals surface area contributed by atoms with Gasteiger partial charge in [-0.3, -0.25) is 0 Å². The summed E-state index contributed by atoms with van der Waals surface area (Å²) in [4.78, 5) is 0. The summed E-state index contributed by atoms with van der Waals surface area (Å²) in [6.07, 6.45) is -0.858. The van der Waals surface area contributed by atoms with E-state index in [-0.39, 0.29) is 10.6 Å². The van der Waals surface area contributed by atoms with Gasteiger partial charge in [-0.2, -0.15) is 0 Å². The molecule has 0 aliphatic carbocycles. The van der Waals surface area contributed by atoms with Crippen LogP contribution in [0, 0.1) is 5.82 Å². The Bertz CT molecular complexity index is 240. The predicted octanol–water partition coefficient (Wildman–Crippen LogP) is 2.53. The van der Waals surface area contributed by atoms with E-state index in [9.17, 15) is 4.39 Å². The minimum Gasteiger partial charge on any atom is -0.389 e. The molecule has 0 bridgehead atoms. The molecule has 0 fully saturated rings. The van der Waals surface area contributed by atoms with Crippen LogP contribution in [-0.2, 0) is 0 Å². The average molecular weight is 175 g/mol. The SMILES string of the molecule is CC(O)c1c(F)cccc1Cl. The Balaban J connectivity index is 3.21. The van der Waals surface area contributed by atoms with Crippen molar-refractivity contribution in [1.82, 2.24) is 0 Å². The van der Waals surface area contributed by atoms with Crippen molar-refractivity contribution in [3.63, 3.8) is 0 Å². The molecule has 0 spiro atoms. The third-order valence-corrected chi connectivity index (χ3v) is 1.75. The van der Waals surface area contributed by atoms with E-state index in [1.807, 2.05) is 0 Å². The van der Waals surface area contributed by atoms with Crippen LogP contribution in [0.3, 0.4) is 0 Å². The van der Waals surface area contributed by atoms with Gasteiger partial charge in [0.05, 0.1) is 6.10 Å². The maximum atomic E-state index is 12.9. The minimum atomic E-state index is -0.858. The Morgan fingerprint density at radius 2 is 2.18 bits per heavy atom. The quantitative estimate of drug-likeness (QED) is 0.694. The number of hydrogen-bond donors (Lipinski definition) is 1. The van der Waals surface area contributed by atoms with E-state index >= 15 is 0 Å². The highest BCUT2D eigenvalue weighted by Gasteiger charge is 2.10. The lowest BCUT2D eigenvalue weighted by atomic mass is 10.1. The normalized spacial score (nSPS) is 13.1. The zero-order valence-electron chi connectivity index (χ0n) is 6.01. The molecule has 0 heterocycles. The molecular formula is C8H8ClFO. The van der Waals surface area contributed by atoms with Gasteiger partial charge in [0.1, 0.15) is 5.82 Å². The smallest absolute Gasteiger partial charge is 0.130 e. The first-order valence-corrected chi connectivity index (χ1v) is 3.62. The molecule has 1 nitrogen and oxygen atoms in total. The summed E-state index contributed by atoms with van der Waals surface area (Å²) in [7, 11) is 0. The van der Waals surface area contributed by atoms with Crippen LogP contribution in [0.15, 0.2) is 18.2 Å². The summed E-state index contributed by atoms with van der Waals surface area (Å²) in [6, 6.07) is 4.32. The van der Waals surface area contributed by atoms with Gasteiger partial charge in [-0.05, 0) is 19.1 Å². The molecular weight excluding hydrogens is 167 g/mol. The van der Waals surface area contributed by atoms with Gasteiger partial charge in [-0.1, -0.05) is 17.7 Å². The molecule has 0 aliphatic rings. The monoisotopic (exact) mass is 174 g/mol. The van der Waals surface area contributed by atoms with Crippen molar-refractivity contribution < 1.29 is 9.50 Å². The zero-order valence-corrected chi connectivity index (χ0v) is 6.77. The van der Waals surface area contributed by atoms with Crippen molar-refractivity contribution in [2.75, 3.05) is 0 Å². The zero-order chi connectivity index (χ0) is 8.43. The van der Waals surface area contributed by atoms with Crippen molar-refractivity contribution in [3.05, 3.63) is 34.6 Å².